The van der Waals surface area contributed by atoms with Gasteiger partial charge in [0.15, 0.2) is 5.78 Å². The third-order valence-electron chi connectivity index (χ3n) is 3.06. The van der Waals surface area contributed by atoms with Gasteiger partial charge in [0.2, 0.25) is 0 Å². The molecule has 0 amide bonds. The molecule has 0 spiro atoms. The summed E-state index contributed by atoms with van der Waals surface area (Å²) in [6, 6.07) is 4.45. The predicted octanol–water partition coefficient (Wildman–Crippen LogP) is 2.85. The first kappa shape index (κ1) is 15.4. The average molecular weight is 292 g/mol. The van der Waals surface area contributed by atoms with Gasteiger partial charge in [0.1, 0.15) is 23.2 Å². The van der Waals surface area contributed by atoms with E-state index < -0.39 is 5.60 Å². The van der Waals surface area contributed by atoms with E-state index in [1.54, 1.807) is 6.07 Å². The highest BCUT2D eigenvalue weighted by atomic mass is 16.6. The second-order valence-electron chi connectivity index (χ2n) is 6.17. The molecule has 1 N–H and O–H groups in total. The monoisotopic (exact) mass is 292 g/mol. The number of fused-ring (bicyclic) bond motifs is 1. The van der Waals surface area contributed by atoms with Gasteiger partial charge in [0.25, 0.3) is 0 Å². The van der Waals surface area contributed by atoms with Gasteiger partial charge in [-0.1, -0.05) is 0 Å². The van der Waals surface area contributed by atoms with Crippen molar-refractivity contribution >= 4 is 11.8 Å². The Hall–Kier alpha value is -2.04. The molecule has 1 heterocycles. The highest BCUT2D eigenvalue weighted by Crippen LogP contribution is 2.31. The van der Waals surface area contributed by atoms with E-state index in [4.69, 9.17) is 9.47 Å². The van der Waals surface area contributed by atoms with Crippen molar-refractivity contribution in [2.45, 2.75) is 51.7 Å². The van der Waals surface area contributed by atoms with Gasteiger partial charge in [-0.15, -0.1) is 0 Å². The van der Waals surface area contributed by atoms with Crippen LogP contribution in [0.25, 0.3) is 0 Å². The number of phenols is 1. The molecule has 0 aromatic heterocycles. The second kappa shape index (κ2) is 5.76. The zero-order valence-electron chi connectivity index (χ0n) is 12.5. The van der Waals surface area contributed by atoms with Crippen LogP contribution in [0.1, 0.15) is 50.4 Å². The Bertz CT molecular complexity index is 556. The molecule has 0 fully saturated rings. The first-order valence-electron chi connectivity index (χ1n) is 6.99. The maximum atomic E-state index is 12.0. The molecule has 0 aliphatic carbocycles. The number of carbonyl (C=O) groups is 2. The Morgan fingerprint density at radius 2 is 2.14 bits per heavy atom. The van der Waals surface area contributed by atoms with Gasteiger partial charge in [-0.05, 0) is 45.4 Å². The maximum Gasteiger partial charge on any atom is 0.306 e. The number of hydrogen-bond acceptors (Lipinski definition) is 5. The molecule has 5 heteroatoms. The van der Waals surface area contributed by atoms with Crippen LogP contribution in [0.5, 0.6) is 11.5 Å². The van der Waals surface area contributed by atoms with Crippen molar-refractivity contribution in [3.63, 3.8) is 0 Å². The summed E-state index contributed by atoms with van der Waals surface area (Å²) in [5.74, 6) is 0.118. The highest BCUT2D eigenvalue weighted by Gasteiger charge is 2.27. The van der Waals surface area contributed by atoms with Crippen molar-refractivity contribution in [2.75, 3.05) is 0 Å². The smallest absolute Gasteiger partial charge is 0.306 e. The van der Waals surface area contributed by atoms with Crippen LogP contribution in [0, 0.1) is 0 Å². The minimum absolute atomic E-state index is 0.0397. The van der Waals surface area contributed by atoms with Crippen LogP contribution in [-0.2, 0) is 9.53 Å². The van der Waals surface area contributed by atoms with Gasteiger partial charge in [0.05, 0.1) is 5.56 Å². The molecule has 1 aromatic rings. The van der Waals surface area contributed by atoms with E-state index in [9.17, 15) is 14.7 Å². The number of ether oxygens (including phenoxy) is 2. The molecule has 2 rings (SSSR count). The summed E-state index contributed by atoms with van der Waals surface area (Å²) >= 11 is 0. The van der Waals surface area contributed by atoms with E-state index in [1.165, 1.54) is 12.1 Å². The van der Waals surface area contributed by atoms with E-state index in [1.807, 2.05) is 20.8 Å². The normalized spacial score (nSPS) is 17.9. The molecule has 21 heavy (non-hydrogen) atoms. The third-order valence-corrected chi connectivity index (χ3v) is 3.06. The van der Waals surface area contributed by atoms with Crippen LogP contribution in [0.4, 0.5) is 0 Å². The largest absolute Gasteiger partial charge is 0.508 e. The molecule has 0 saturated heterocycles. The Morgan fingerprint density at radius 1 is 1.43 bits per heavy atom. The SMILES string of the molecule is CC(C)(C)OC(=O)CCC1CC(=O)c2cc(O)ccc2O1. The zero-order chi connectivity index (χ0) is 15.6. The number of hydrogen-bond donors (Lipinski definition) is 1. The van der Waals surface area contributed by atoms with Crippen molar-refractivity contribution in [3.05, 3.63) is 23.8 Å². The van der Waals surface area contributed by atoms with Crippen LogP contribution in [0.2, 0.25) is 0 Å². The lowest BCUT2D eigenvalue weighted by atomic mass is 9.98. The van der Waals surface area contributed by atoms with Gasteiger partial charge in [-0.2, -0.15) is 0 Å². The number of Topliss-reactive ketones (excluding diaryl/α,β-unsaturated/α-hetero) is 1. The fraction of sp³-hybridized carbons (Fsp3) is 0.500. The van der Waals surface area contributed by atoms with Gasteiger partial charge in [0, 0.05) is 12.8 Å². The van der Waals surface area contributed by atoms with Gasteiger partial charge in [-0.25, -0.2) is 0 Å². The highest BCUT2D eigenvalue weighted by molar-refractivity contribution is 6.00. The first-order chi connectivity index (χ1) is 9.74. The number of ketones is 1. The molecular weight excluding hydrogens is 272 g/mol. The summed E-state index contributed by atoms with van der Waals surface area (Å²) in [6.07, 6.45) is 0.519. The molecular formula is C16H20O5. The summed E-state index contributed by atoms with van der Waals surface area (Å²) in [6.45, 7) is 5.44. The number of aromatic hydroxyl groups is 1. The standard InChI is InChI=1S/C16H20O5/c1-16(2,3)21-15(19)7-5-11-9-13(18)12-8-10(17)4-6-14(12)20-11/h4,6,8,11,17H,5,7,9H2,1-3H3. The van der Waals surface area contributed by atoms with E-state index in [0.29, 0.717) is 17.7 Å². The van der Waals surface area contributed by atoms with Crippen LogP contribution < -0.4 is 4.74 Å². The Balaban J connectivity index is 1.94. The molecule has 1 aliphatic heterocycles. The maximum absolute atomic E-state index is 12.0. The van der Waals surface area contributed by atoms with Gasteiger partial charge < -0.3 is 14.6 Å². The molecule has 0 bridgehead atoms. The van der Waals surface area contributed by atoms with Gasteiger partial charge >= 0.3 is 5.97 Å². The molecule has 1 unspecified atom stereocenters. The first-order valence-corrected chi connectivity index (χ1v) is 6.99. The topological polar surface area (TPSA) is 72.8 Å². The molecule has 1 aliphatic rings. The van der Waals surface area contributed by atoms with Crippen molar-refractivity contribution in [1.29, 1.82) is 0 Å². The quantitative estimate of drug-likeness (QED) is 0.867. The van der Waals surface area contributed by atoms with E-state index >= 15 is 0 Å². The van der Waals surface area contributed by atoms with Crippen molar-refractivity contribution in [2.24, 2.45) is 0 Å². The Kier molecular flexibility index (Phi) is 4.21. The Morgan fingerprint density at radius 3 is 2.81 bits per heavy atom. The second-order valence-corrected chi connectivity index (χ2v) is 6.17. The number of esters is 1. The average Bonchev–Trinajstić information content (AvgIpc) is 2.35. The van der Waals surface area contributed by atoms with Crippen LogP contribution in [0.15, 0.2) is 18.2 Å². The fourth-order valence-electron chi connectivity index (χ4n) is 2.21. The van der Waals surface area contributed by atoms with Crippen molar-refractivity contribution < 1.29 is 24.2 Å². The lowest BCUT2D eigenvalue weighted by molar-refractivity contribution is -0.155. The predicted molar refractivity (Wildman–Crippen MR) is 76.5 cm³/mol. The molecule has 1 aromatic carbocycles. The molecule has 5 nitrogen and oxygen atoms in total. The molecule has 0 radical (unpaired) electrons. The number of benzene rings is 1. The summed E-state index contributed by atoms with van der Waals surface area (Å²) in [7, 11) is 0. The summed E-state index contributed by atoms with van der Waals surface area (Å²) in [5, 5.41) is 9.39. The molecule has 0 saturated carbocycles. The Labute approximate surface area is 123 Å². The van der Waals surface area contributed by atoms with Crippen molar-refractivity contribution in [1.82, 2.24) is 0 Å². The lowest BCUT2D eigenvalue weighted by Gasteiger charge is -2.25. The molecule has 1 atom stereocenters. The number of carbonyl (C=O) groups excluding carboxylic acids is 2. The van der Waals surface area contributed by atoms with Crippen LogP contribution in [0.3, 0.4) is 0 Å². The fourth-order valence-corrected chi connectivity index (χ4v) is 2.21. The summed E-state index contributed by atoms with van der Waals surface area (Å²) in [4.78, 5) is 23.7. The van der Waals surface area contributed by atoms with E-state index in [0.717, 1.165) is 0 Å². The minimum Gasteiger partial charge on any atom is -0.508 e. The zero-order valence-corrected chi connectivity index (χ0v) is 12.5. The summed E-state index contributed by atoms with van der Waals surface area (Å²) in [5.41, 5.74) is -0.117. The van der Waals surface area contributed by atoms with Crippen LogP contribution >= 0.6 is 0 Å². The van der Waals surface area contributed by atoms with E-state index in [2.05, 4.69) is 0 Å². The van der Waals surface area contributed by atoms with Crippen molar-refractivity contribution in [3.8, 4) is 11.5 Å². The number of rotatable bonds is 3. The lowest BCUT2D eigenvalue weighted by Crippen LogP contribution is -2.29. The third kappa shape index (κ3) is 4.21. The van der Waals surface area contributed by atoms with E-state index in [-0.39, 0.29) is 36.4 Å². The minimum atomic E-state index is -0.509. The van der Waals surface area contributed by atoms with Crippen LogP contribution in [-0.4, -0.2) is 28.6 Å². The molecule has 114 valence electrons. The number of phenolic OH excluding ortho intramolecular Hbond substituents is 1. The van der Waals surface area contributed by atoms with Gasteiger partial charge in [-0.3, -0.25) is 9.59 Å². The summed E-state index contributed by atoms with van der Waals surface area (Å²) < 4.78 is 10.9.